The number of benzene rings is 2. The number of rotatable bonds is 12. The van der Waals surface area contributed by atoms with E-state index in [-0.39, 0.29) is 18.7 Å². The smallest absolute Gasteiger partial charge is 0.426 e. The fourth-order valence-corrected chi connectivity index (χ4v) is 6.68. The monoisotopic (exact) mass is 556 g/mol. The molecule has 3 atom stereocenters. The van der Waals surface area contributed by atoms with Gasteiger partial charge in [0.05, 0.1) is 38.2 Å². The summed E-state index contributed by atoms with van der Waals surface area (Å²) in [5.41, 5.74) is 0.795. The quantitative estimate of drug-likeness (QED) is 0.292. The molecule has 1 amide bonds. The van der Waals surface area contributed by atoms with Crippen molar-refractivity contribution in [2.75, 3.05) is 5.75 Å². The zero-order valence-electron chi connectivity index (χ0n) is 20.1. The minimum absolute atomic E-state index is 0. The van der Waals surface area contributed by atoms with Crippen LogP contribution in [0.2, 0.25) is 0 Å². The summed E-state index contributed by atoms with van der Waals surface area (Å²) >= 11 is 0. The molecule has 1 fully saturated rings. The van der Waals surface area contributed by atoms with Crippen LogP contribution in [0.3, 0.4) is 0 Å². The third-order valence-electron chi connectivity index (χ3n) is 6.33. The Hall–Kier alpha value is -2.86. The van der Waals surface area contributed by atoms with E-state index in [2.05, 4.69) is 10.3 Å². The Balaban J connectivity index is 0.00000400. The van der Waals surface area contributed by atoms with Crippen LogP contribution in [0.4, 0.5) is 0 Å². The fourth-order valence-electron chi connectivity index (χ4n) is 4.12. The molecule has 3 aromatic rings. The molecule has 3 N–H and O–H groups in total. The summed E-state index contributed by atoms with van der Waals surface area (Å²) in [6.45, 7) is 0. The molecule has 1 heterocycles. The Morgan fingerprint density at radius 1 is 1.03 bits per heavy atom. The Morgan fingerprint density at radius 3 is 2.29 bits per heavy atom. The van der Waals surface area contributed by atoms with Crippen LogP contribution in [0.25, 0.3) is 0 Å². The van der Waals surface area contributed by atoms with E-state index in [0.717, 1.165) is 18.4 Å². The van der Waals surface area contributed by atoms with Crippen LogP contribution in [0.1, 0.15) is 32.3 Å². The summed E-state index contributed by atoms with van der Waals surface area (Å²) in [5.74, 6) is -2.48. The number of carbonyl (C=O) groups excluding carboxylic acids is 1. The van der Waals surface area contributed by atoms with E-state index in [1.165, 1.54) is 30.5 Å². The molecule has 8 nitrogen and oxygen atoms in total. The first kappa shape index (κ1) is 29.7. The minimum atomic E-state index is -3.90. The molecule has 0 aliphatic heterocycles. The van der Waals surface area contributed by atoms with Crippen molar-refractivity contribution >= 4 is 33.7 Å². The van der Waals surface area contributed by atoms with Gasteiger partial charge in [0.25, 0.3) is 0 Å². The van der Waals surface area contributed by atoms with Crippen molar-refractivity contribution in [1.82, 2.24) is 10.3 Å². The van der Waals surface area contributed by atoms with Crippen molar-refractivity contribution in [1.29, 1.82) is 0 Å². The summed E-state index contributed by atoms with van der Waals surface area (Å²) < 4.78 is 39.4. The number of nitrogens with one attached hydrogen (secondary N) is 1. The minimum Gasteiger partial charge on any atom is -0.426 e. The van der Waals surface area contributed by atoms with Gasteiger partial charge in [-0.2, -0.15) is 0 Å². The van der Waals surface area contributed by atoms with Crippen LogP contribution in [0.5, 0.6) is 0 Å². The van der Waals surface area contributed by atoms with Gasteiger partial charge in [0.2, 0.25) is 5.91 Å². The lowest BCUT2D eigenvalue weighted by Crippen LogP contribution is -2.50. The third kappa shape index (κ3) is 8.07. The molecule has 1 saturated carbocycles. The molecule has 1 unspecified atom stereocenters. The van der Waals surface area contributed by atoms with E-state index in [1.807, 2.05) is 30.3 Å². The van der Waals surface area contributed by atoms with Gasteiger partial charge in [-0.15, -0.1) is 0 Å². The van der Waals surface area contributed by atoms with E-state index in [0.29, 0.717) is 22.1 Å². The lowest BCUT2D eigenvalue weighted by molar-refractivity contribution is -0.124. The molecular weight excluding hydrogens is 523 g/mol. The average molecular weight is 557 g/mol. The molecule has 202 valence electrons. The molecule has 1 aromatic heterocycles. The molecule has 38 heavy (non-hydrogen) atoms. The van der Waals surface area contributed by atoms with Gasteiger partial charge in [-0.05, 0) is 60.7 Å². The molecule has 0 bridgehead atoms. The number of sulfone groups is 1. The number of hydrogen-bond donors (Lipinski definition) is 3. The van der Waals surface area contributed by atoms with Gasteiger partial charge in [-0.1, -0.05) is 50.6 Å². The normalized spacial score (nSPS) is 15.5. The maximum Gasteiger partial charge on any atom is 0.475 e. The Labute approximate surface area is 227 Å². The average Bonchev–Trinajstić information content (AvgIpc) is 3.72. The van der Waals surface area contributed by atoms with E-state index < -0.39 is 51.3 Å². The second-order valence-electron chi connectivity index (χ2n) is 9.30. The first-order chi connectivity index (χ1) is 17.7. The van der Waals surface area contributed by atoms with Crippen LogP contribution in [0, 0.1) is 11.8 Å². The van der Waals surface area contributed by atoms with Crippen LogP contribution in [0.15, 0.2) is 93.8 Å². The molecule has 11 heteroatoms. The van der Waals surface area contributed by atoms with Gasteiger partial charge < -0.3 is 15.4 Å². The Kier molecular flexibility index (Phi) is 10.4. The summed E-state index contributed by atoms with van der Waals surface area (Å²) in [7, 11) is -7.13. The third-order valence-corrected chi connectivity index (χ3v) is 9.54. The van der Waals surface area contributed by atoms with Crippen LogP contribution in [-0.2, 0) is 31.9 Å². The SMILES string of the molecule is C.O=C(N[C@@H](CC1CC1)B(O)O)[C@H](Cc1ccccc1)CS(=O)(=O)c1ccc(S(=O)c2cccnc2)cc1. The fraction of sp³-hybridized carbons (Fsp3) is 0.333. The van der Waals surface area contributed by atoms with Gasteiger partial charge in [0.1, 0.15) is 0 Å². The topological polar surface area (TPSA) is 134 Å². The van der Waals surface area contributed by atoms with Gasteiger partial charge in [0, 0.05) is 17.3 Å². The Bertz CT molecular complexity index is 1320. The highest BCUT2D eigenvalue weighted by Gasteiger charge is 2.35. The lowest BCUT2D eigenvalue weighted by atomic mass is 9.76. The maximum atomic E-state index is 13.3. The first-order valence-corrected chi connectivity index (χ1v) is 14.9. The number of amides is 1. The lowest BCUT2D eigenvalue weighted by Gasteiger charge is -2.22. The molecule has 1 aliphatic rings. The molecule has 0 radical (unpaired) electrons. The maximum absolute atomic E-state index is 13.3. The van der Waals surface area contributed by atoms with Crippen molar-refractivity contribution in [2.45, 2.75) is 53.7 Å². The number of aromatic nitrogens is 1. The summed E-state index contributed by atoms with van der Waals surface area (Å²) in [6.07, 6.45) is 5.63. The van der Waals surface area contributed by atoms with Crippen molar-refractivity contribution in [2.24, 2.45) is 11.8 Å². The number of hydrogen-bond acceptors (Lipinski definition) is 7. The van der Waals surface area contributed by atoms with Crippen molar-refractivity contribution in [3.8, 4) is 0 Å². The van der Waals surface area contributed by atoms with Crippen LogP contribution < -0.4 is 5.32 Å². The van der Waals surface area contributed by atoms with Gasteiger partial charge in [-0.25, -0.2) is 12.6 Å². The number of nitrogens with zero attached hydrogens (tertiary/aromatic N) is 1. The standard InChI is InChI=1S/C26H29BN2O6S2.CH4/c30-26(29-25(27(31)32)16-20-8-9-20)21(15-19-5-2-1-3-6-19)18-37(34,35)24-12-10-22(11-13-24)36(33)23-7-4-14-28-17-23;/h1-7,10-14,17,20-21,25,31-32H,8-9,15-16,18H2,(H,29,30);1H4/t21-,25+,36?;/m1./s1. The second kappa shape index (κ2) is 13.3. The zero-order chi connectivity index (χ0) is 26.4. The van der Waals surface area contributed by atoms with Crippen molar-refractivity contribution in [3.05, 3.63) is 84.7 Å². The predicted octanol–water partition coefficient (Wildman–Crippen LogP) is 2.81. The first-order valence-electron chi connectivity index (χ1n) is 12.1. The number of carbonyl (C=O) groups is 1. The molecule has 2 aromatic carbocycles. The highest BCUT2D eigenvalue weighted by molar-refractivity contribution is 7.91. The molecule has 4 rings (SSSR count). The predicted molar refractivity (Wildman–Crippen MR) is 147 cm³/mol. The van der Waals surface area contributed by atoms with Crippen LogP contribution in [-0.4, -0.2) is 52.4 Å². The molecule has 1 aliphatic carbocycles. The van der Waals surface area contributed by atoms with Gasteiger partial charge in [0.15, 0.2) is 9.84 Å². The van der Waals surface area contributed by atoms with Gasteiger partial charge >= 0.3 is 7.12 Å². The van der Waals surface area contributed by atoms with Gasteiger partial charge in [-0.3, -0.25) is 9.78 Å². The molecule has 0 saturated heterocycles. The summed E-state index contributed by atoms with van der Waals surface area (Å²) in [5, 5.41) is 22.2. The highest BCUT2D eigenvalue weighted by Crippen LogP contribution is 2.33. The zero-order valence-corrected chi connectivity index (χ0v) is 21.8. The Morgan fingerprint density at radius 2 is 1.71 bits per heavy atom. The van der Waals surface area contributed by atoms with Crippen molar-refractivity contribution in [3.63, 3.8) is 0 Å². The van der Waals surface area contributed by atoms with E-state index in [4.69, 9.17) is 0 Å². The number of pyridine rings is 1. The van der Waals surface area contributed by atoms with Crippen molar-refractivity contribution < 1.29 is 27.5 Å². The largest absolute Gasteiger partial charge is 0.475 e. The van der Waals surface area contributed by atoms with Crippen LogP contribution >= 0.6 is 0 Å². The summed E-state index contributed by atoms with van der Waals surface area (Å²) in [6, 6.07) is 18.2. The van der Waals surface area contributed by atoms with E-state index in [1.54, 1.807) is 18.3 Å². The summed E-state index contributed by atoms with van der Waals surface area (Å²) in [4.78, 5) is 18.1. The van der Waals surface area contributed by atoms with E-state index >= 15 is 0 Å². The van der Waals surface area contributed by atoms with E-state index in [9.17, 15) is 27.5 Å². The molecular formula is C27H33BN2O6S2. The second-order valence-corrected chi connectivity index (χ2v) is 12.8. The molecule has 0 spiro atoms. The highest BCUT2D eigenvalue weighted by atomic mass is 32.2.